The van der Waals surface area contributed by atoms with Crippen LogP contribution in [0.4, 0.5) is 0 Å². The van der Waals surface area contributed by atoms with Gasteiger partial charge in [-0.1, -0.05) is 0 Å². The third kappa shape index (κ3) is 6.70. The Hall–Kier alpha value is -0.160. The monoisotopic (exact) mass is 271 g/mol. The normalized spacial score (nSPS) is 26.2. The van der Waals surface area contributed by atoms with Crippen LogP contribution in [0.3, 0.4) is 0 Å². The van der Waals surface area contributed by atoms with Crippen molar-refractivity contribution in [1.82, 2.24) is 15.1 Å². The van der Waals surface area contributed by atoms with E-state index in [4.69, 9.17) is 4.74 Å². The second-order valence-corrected chi connectivity index (χ2v) is 6.15. The molecule has 0 aromatic heterocycles. The van der Waals surface area contributed by atoms with Crippen LogP contribution < -0.4 is 5.32 Å². The number of nitrogens with zero attached hydrogens (tertiary/aromatic N) is 2. The molecule has 1 rings (SSSR count). The highest BCUT2D eigenvalue weighted by Gasteiger charge is 2.25. The summed E-state index contributed by atoms with van der Waals surface area (Å²) in [6.45, 7) is 15.4. The van der Waals surface area contributed by atoms with E-state index >= 15 is 0 Å². The predicted octanol–water partition coefficient (Wildman–Crippen LogP) is 1.42. The molecule has 1 aliphatic rings. The molecule has 19 heavy (non-hydrogen) atoms. The molecule has 0 aliphatic carbocycles. The van der Waals surface area contributed by atoms with Gasteiger partial charge in [0.1, 0.15) is 0 Å². The highest BCUT2D eigenvalue weighted by molar-refractivity contribution is 4.82. The first-order chi connectivity index (χ1) is 9.00. The first-order valence-corrected chi connectivity index (χ1v) is 7.77. The molecular weight excluding hydrogens is 238 g/mol. The van der Waals surface area contributed by atoms with Crippen LogP contribution in [0.25, 0.3) is 0 Å². The van der Waals surface area contributed by atoms with Gasteiger partial charge < -0.3 is 10.1 Å². The maximum atomic E-state index is 5.52. The van der Waals surface area contributed by atoms with Gasteiger partial charge in [-0.2, -0.15) is 0 Å². The van der Waals surface area contributed by atoms with Crippen molar-refractivity contribution in [1.29, 1.82) is 0 Å². The minimum absolute atomic E-state index is 0.355. The minimum atomic E-state index is 0.355. The third-order valence-electron chi connectivity index (χ3n) is 3.99. The van der Waals surface area contributed by atoms with Crippen LogP contribution >= 0.6 is 0 Å². The molecule has 4 nitrogen and oxygen atoms in total. The Kier molecular flexibility index (Phi) is 7.91. The summed E-state index contributed by atoms with van der Waals surface area (Å²) in [4.78, 5) is 5.06. The van der Waals surface area contributed by atoms with Crippen molar-refractivity contribution >= 4 is 0 Å². The Morgan fingerprint density at radius 1 is 1.16 bits per heavy atom. The zero-order valence-electron chi connectivity index (χ0n) is 13.5. The van der Waals surface area contributed by atoms with E-state index in [1.54, 1.807) is 0 Å². The summed E-state index contributed by atoms with van der Waals surface area (Å²) in [6.07, 6.45) is 1.46. The number of piperazine rings is 1. The van der Waals surface area contributed by atoms with Gasteiger partial charge in [0.25, 0.3) is 0 Å². The van der Waals surface area contributed by atoms with E-state index in [9.17, 15) is 0 Å². The highest BCUT2D eigenvalue weighted by Crippen LogP contribution is 2.12. The molecule has 0 amide bonds. The lowest BCUT2D eigenvalue weighted by atomic mass is 10.1. The average Bonchev–Trinajstić information content (AvgIpc) is 2.34. The van der Waals surface area contributed by atoms with Crippen molar-refractivity contribution in [3.05, 3.63) is 0 Å². The van der Waals surface area contributed by atoms with Gasteiger partial charge in [-0.15, -0.1) is 0 Å². The van der Waals surface area contributed by atoms with E-state index in [1.165, 1.54) is 13.1 Å². The number of hydrogen-bond donors (Lipinski definition) is 1. The molecule has 2 atom stereocenters. The first kappa shape index (κ1) is 16.9. The molecule has 0 saturated carbocycles. The topological polar surface area (TPSA) is 27.7 Å². The van der Waals surface area contributed by atoms with Gasteiger partial charge in [0.15, 0.2) is 0 Å². The van der Waals surface area contributed by atoms with E-state index in [1.807, 2.05) is 0 Å². The molecule has 1 fully saturated rings. The average molecular weight is 271 g/mol. The molecule has 1 saturated heterocycles. The van der Waals surface area contributed by atoms with Gasteiger partial charge in [-0.3, -0.25) is 9.80 Å². The second kappa shape index (κ2) is 8.90. The summed E-state index contributed by atoms with van der Waals surface area (Å²) in [5, 5.41) is 3.51. The molecule has 0 spiro atoms. The smallest absolute Gasteiger partial charge is 0.0518 e. The van der Waals surface area contributed by atoms with Crippen molar-refractivity contribution in [2.45, 2.75) is 52.3 Å². The van der Waals surface area contributed by atoms with E-state index in [2.05, 4.69) is 49.9 Å². The minimum Gasteiger partial charge on any atom is -0.379 e. The lowest BCUT2D eigenvalue weighted by molar-refractivity contribution is 0.0601. The Morgan fingerprint density at radius 2 is 1.79 bits per heavy atom. The van der Waals surface area contributed by atoms with Gasteiger partial charge in [0, 0.05) is 44.9 Å². The van der Waals surface area contributed by atoms with Crippen LogP contribution in [0.2, 0.25) is 0 Å². The van der Waals surface area contributed by atoms with Crippen molar-refractivity contribution in [2.24, 2.45) is 0 Å². The summed E-state index contributed by atoms with van der Waals surface area (Å²) >= 11 is 0. The summed E-state index contributed by atoms with van der Waals surface area (Å²) in [7, 11) is 2.24. The summed E-state index contributed by atoms with van der Waals surface area (Å²) in [5.41, 5.74) is 0. The SMILES string of the molecule is CC(C)OCCCNCCN1CC(C)N(C)C(C)C1. The molecule has 0 aromatic rings. The molecule has 0 radical (unpaired) electrons. The van der Waals surface area contributed by atoms with Crippen LogP contribution in [-0.2, 0) is 4.74 Å². The summed E-state index contributed by atoms with van der Waals surface area (Å²) < 4.78 is 5.52. The molecule has 1 aliphatic heterocycles. The number of rotatable bonds is 8. The van der Waals surface area contributed by atoms with E-state index < -0.39 is 0 Å². The van der Waals surface area contributed by atoms with Crippen LogP contribution in [0.15, 0.2) is 0 Å². The second-order valence-electron chi connectivity index (χ2n) is 6.15. The molecule has 0 aromatic carbocycles. The van der Waals surface area contributed by atoms with Gasteiger partial charge in [0.2, 0.25) is 0 Å². The summed E-state index contributed by atoms with van der Waals surface area (Å²) in [6, 6.07) is 1.34. The lowest BCUT2D eigenvalue weighted by Gasteiger charge is -2.42. The maximum Gasteiger partial charge on any atom is 0.0518 e. The molecule has 114 valence electrons. The Balaban J connectivity index is 2.01. The van der Waals surface area contributed by atoms with Crippen molar-refractivity contribution in [2.75, 3.05) is 46.4 Å². The fraction of sp³-hybridized carbons (Fsp3) is 1.00. The number of hydrogen-bond acceptors (Lipinski definition) is 4. The maximum absolute atomic E-state index is 5.52. The zero-order valence-corrected chi connectivity index (χ0v) is 13.5. The molecule has 2 unspecified atom stereocenters. The molecule has 1 heterocycles. The first-order valence-electron chi connectivity index (χ1n) is 7.77. The van der Waals surface area contributed by atoms with E-state index in [0.29, 0.717) is 18.2 Å². The summed E-state index contributed by atoms with van der Waals surface area (Å²) in [5.74, 6) is 0. The van der Waals surface area contributed by atoms with Crippen molar-refractivity contribution in [3.8, 4) is 0 Å². The Bertz CT molecular complexity index is 223. The number of nitrogens with one attached hydrogen (secondary N) is 1. The van der Waals surface area contributed by atoms with Crippen LogP contribution in [-0.4, -0.2) is 74.4 Å². The van der Waals surface area contributed by atoms with Gasteiger partial charge >= 0.3 is 0 Å². The van der Waals surface area contributed by atoms with Gasteiger partial charge in [-0.05, 0) is 47.7 Å². The number of likely N-dealkylation sites (N-methyl/N-ethyl adjacent to an activating group) is 1. The van der Waals surface area contributed by atoms with Crippen LogP contribution in [0, 0.1) is 0 Å². The van der Waals surface area contributed by atoms with E-state index in [0.717, 1.165) is 32.7 Å². The molecular formula is C15H33N3O. The highest BCUT2D eigenvalue weighted by atomic mass is 16.5. The largest absolute Gasteiger partial charge is 0.379 e. The Morgan fingerprint density at radius 3 is 2.37 bits per heavy atom. The van der Waals surface area contributed by atoms with Gasteiger partial charge in [0.05, 0.1) is 6.10 Å². The third-order valence-corrected chi connectivity index (χ3v) is 3.99. The quantitative estimate of drug-likeness (QED) is 0.676. The molecule has 1 N–H and O–H groups in total. The van der Waals surface area contributed by atoms with Crippen LogP contribution in [0.1, 0.15) is 34.1 Å². The number of ether oxygens (including phenoxy) is 1. The fourth-order valence-corrected chi connectivity index (χ4v) is 2.57. The van der Waals surface area contributed by atoms with Crippen molar-refractivity contribution in [3.63, 3.8) is 0 Å². The lowest BCUT2D eigenvalue weighted by Crippen LogP contribution is -2.55. The molecule has 0 bridgehead atoms. The Labute approximate surface area is 119 Å². The molecule has 4 heteroatoms. The van der Waals surface area contributed by atoms with Gasteiger partial charge in [-0.25, -0.2) is 0 Å². The van der Waals surface area contributed by atoms with Crippen molar-refractivity contribution < 1.29 is 4.74 Å². The standard InChI is InChI=1S/C15H33N3O/c1-13(2)19-10-6-7-16-8-9-18-11-14(3)17(5)15(4)12-18/h13-16H,6-12H2,1-5H3. The fourth-order valence-electron chi connectivity index (χ4n) is 2.57. The van der Waals surface area contributed by atoms with E-state index in [-0.39, 0.29) is 0 Å². The zero-order chi connectivity index (χ0) is 14.3. The predicted molar refractivity (Wildman–Crippen MR) is 81.7 cm³/mol. The van der Waals surface area contributed by atoms with Crippen LogP contribution in [0.5, 0.6) is 0 Å².